The van der Waals surface area contributed by atoms with E-state index < -0.39 is 0 Å². The van der Waals surface area contributed by atoms with Gasteiger partial charge in [0.25, 0.3) is 0 Å². The Balaban J connectivity index is 1.61. The molecule has 31 heavy (non-hydrogen) atoms. The zero-order chi connectivity index (χ0) is 21.4. The minimum atomic E-state index is 1.03. The summed E-state index contributed by atoms with van der Waals surface area (Å²) < 4.78 is 9.41. The van der Waals surface area contributed by atoms with Gasteiger partial charge >= 0.3 is 0 Å². The summed E-state index contributed by atoms with van der Waals surface area (Å²) in [5.41, 5.74) is 5.94. The smallest absolute Gasteiger partial charge is 0.114 e. The van der Waals surface area contributed by atoms with Crippen molar-refractivity contribution in [3.05, 3.63) is 57.8 Å². The molecule has 6 heteroatoms. The van der Waals surface area contributed by atoms with Crippen LogP contribution < -0.4 is 0 Å². The van der Waals surface area contributed by atoms with Crippen LogP contribution in [0, 0.1) is 13.8 Å². The first-order valence-corrected chi connectivity index (χ1v) is 13.8. The molecule has 0 aliphatic heterocycles. The topological polar surface area (TPSA) is 25.8 Å². The average Bonchev–Trinajstić information content (AvgIpc) is 3.54. The summed E-state index contributed by atoms with van der Waals surface area (Å²) in [6, 6.07) is 15.8. The molecule has 4 heterocycles. The van der Waals surface area contributed by atoms with E-state index in [1.807, 2.05) is 34.0 Å². The highest BCUT2D eigenvalue weighted by atomic mass is 32.1. The summed E-state index contributed by atoms with van der Waals surface area (Å²) in [5.74, 6) is 0. The summed E-state index contributed by atoms with van der Waals surface area (Å²) in [7, 11) is 0. The van der Waals surface area contributed by atoms with Crippen molar-refractivity contribution in [2.75, 3.05) is 0 Å². The molecule has 0 amide bonds. The first-order chi connectivity index (χ1) is 15.1. The Labute approximate surface area is 199 Å². The van der Waals surface area contributed by atoms with Gasteiger partial charge in [0.15, 0.2) is 0 Å². The summed E-state index contributed by atoms with van der Waals surface area (Å²) in [6.07, 6.45) is 4.92. The molecular formula is C25H24N2S4. The van der Waals surface area contributed by atoms with E-state index in [1.165, 1.54) is 76.9 Å². The molecule has 158 valence electrons. The van der Waals surface area contributed by atoms with Crippen molar-refractivity contribution in [2.45, 2.75) is 46.5 Å². The number of benzene rings is 1. The van der Waals surface area contributed by atoms with Crippen molar-refractivity contribution in [3.8, 4) is 30.6 Å². The van der Waals surface area contributed by atoms with E-state index in [-0.39, 0.29) is 0 Å². The van der Waals surface area contributed by atoms with Crippen LogP contribution in [0.15, 0.2) is 42.5 Å². The maximum atomic E-state index is 4.72. The number of thiophene rings is 3. The fraction of sp³-hybridized carbons (Fsp3) is 0.280. The summed E-state index contributed by atoms with van der Waals surface area (Å²) in [4.78, 5) is 8.08. The lowest BCUT2D eigenvalue weighted by Crippen LogP contribution is -1.85. The normalized spacial score (nSPS) is 11.6. The molecule has 0 radical (unpaired) electrons. The van der Waals surface area contributed by atoms with Crippen LogP contribution in [0.5, 0.6) is 0 Å². The molecule has 0 aliphatic carbocycles. The first-order valence-electron chi connectivity index (χ1n) is 10.7. The Morgan fingerprint density at radius 1 is 0.710 bits per heavy atom. The Kier molecular flexibility index (Phi) is 6.06. The van der Waals surface area contributed by atoms with E-state index in [1.54, 1.807) is 0 Å². The van der Waals surface area contributed by atoms with E-state index in [4.69, 9.17) is 4.37 Å². The highest BCUT2D eigenvalue weighted by molar-refractivity contribution is 7.24. The number of nitrogens with zero attached hydrogens (tertiary/aromatic N) is 2. The number of aryl methyl sites for hydroxylation is 3. The van der Waals surface area contributed by atoms with Crippen LogP contribution in [0.3, 0.4) is 0 Å². The fourth-order valence-electron chi connectivity index (χ4n) is 3.92. The van der Waals surface area contributed by atoms with E-state index in [2.05, 4.69) is 67.6 Å². The Morgan fingerprint density at radius 2 is 1.35 bits per heavy atom. The third-order valence-electron chi connectivity index (χ3n) is 5.51. The summed E-state index contributed by atoms with van der Waals surface area (Å²) >= 11 is 6.94. The van der Waals surface area contributed by atoms with Gasteiger partial charge in [-0.05, 0) is 62.6 Å². The SMILES string of the molecule is CCCCCc1cc(-c2ccc(-c3ccc(C)s3)c3nsnc23)sc1-c1ccc(C)s1. The molecule has 0 spiro atoms. The van der Waals surface area contributed by atoms with Gasteiger partial charge in [-0.15, -0.1) is 34.0 Å². The highest BCUT2D eigenvalue weighted by Gasteiger charge is 2.19. The van der Waals surface area contributed by atoms with Crippen LogP contribution in [-0.2, 0) is 6.42 Å². The van der Waals surface area contributed by atoms with Crippen molar-refractivity contribution < 1.29 is 0 Å². The third-order valence-corrected chi connectivity index (χ3v) is 9.46. The van der Waals surface area contributed by atoms with Crippen LogP contribution in [0.1, 0.15) is 41.5 Å². The van der Waals surface area contributed by atoms with Crippen molar-refractivity contribution >= 4 is 56.8 Å². The minimum Gasteiger partial charge on any atom is -0.172 e. The predicted molar refractivity (Wildman–Crippen MR) is 140 cm³/mol. The molecule has 4 aromatic heterocycles. The van der Waals surface area contributed by atoms with Crippen molar-refractivity contribution in [3.63, 3.8) is 0 Å². The second kappa shape index (κ2) is 8.94. The molecule has 0 saturated heterocycles. The number of rotatable bonds is 7. The third kappa shape index (κ3) is 4.14. The molecule has 0 fully saturated rings. The lowest BCUT2D eigenvalue weighted by atomic mass is 10.0. The number of hydrogen-bond donors (Lipinski definition) is 0. The Hall–Kier alpha value is -1.86. The van der Waals surface area contributed by atoms with E-state index in [0.717, 1.165) is 17.5 Å². The van der Waals surface area contributed by atoms with Crippen LogP contribution in [0.4, 0.5) is 0 Å². The van der Waals surface area contributed by atoms with Crippen LogP contribution in [0.2, 0.25) is 0 Å². The predicted octanol–water partition coefficient (Wildman–Crippen LogP) is 9.23. The van der Waals surface area contributed by atoms with Gasteiger partial charge in [0.1, 0.15) is 11.0 Å². The molecule has 5 aromatic rings. The van der Waals surface area contributed by atoms with Crippen LogP contribution in [0.25, 0.3) is 41.7 Å². The number of fused-ring (bicyclic) bond motifs is 1. The molecule has 0 saturated carbocycles. The summed E-state index contributed by atoms with van der Waals surface area (Å²) in [6.45, 7) is 6.61. The zero-order valence-corrected chi connectivity index (χ0v) is 21.2. The van der Waals surface area contributed by atoms with E-state index in [9.17, 15) is 0 Å². The highest BCUT2D eigenvalue weighted by Crippen LogP contribution is 2.44. The fourth-order valence-corrected chi connectivity index (χ4v) is 7.64. The van der Waals surface area contributed by atoms with Crippen LogP contribution >= 0.6 is 45.7 Å². The van der Waals surface area contributed by atoms with Crippen molar-refractivity contribution in [2.24, 2.45) is 0 Å². The molecule has 0 aliphatic rings. The first kappa shape index (κ1) is 21.0. The molecule has 0 N–H and O–H groups in total. The van der Waals surface area contributed by atoms with Gasteiger partial charge in [0, 0.05) is 40.4 Å². The second-order valence-electron chi connectivity index (χ2n) is 7.86. The Morgan fingerprint density at radius 3 is 1.97 bits per heavy atom. The number of aromatic nitrogens is 2. The van der Waals surface area contributed by atoms with Gasteiger partial charge in [-0.2, -0.15) is 8.75 Å². The molecule has 0 atom stereocenters. The van der Waals surface area contributed by atoms with Gasteiger partial charge in [0.05, 0.1) is 11.7 Å². The molecule has 5 rings (SSSR count). The van der Waals surface area contributed by atoms with Gasteiger partial charge in [-0.25, -0.2) is 0 Å². The van der Waals surface area contributed by atoms with E-state index in [0.29, 0.717) is 0 Å². The molecule has 1 aromatic carbocycles. The summed E-state index contributed by atoms with van der Waals surface area (Å²) in [5, 5.41) is 0. The van der Waals surface area contributed by atoms with Crippen LogP contribution in [-0.4, -0.2) is 8.75 Å². The van der Waals surface area contributed by atoms with E-state index >= 15 is 0 Å². The monoisotopic (exact) mass is 480 g/mol. The van der Waals surface area contributed by atoms with Gasteiger partial charge < -0.3 is 0 Å². The lowest BCUT2D eigenvalue weighted by Gasteiger charge is -2.03. The average molecular weight is 481 g/mol. The maximum absolute atomic E-state index is 4.72. The minimum absolute atomic E-state index is 1.03. The quantitative estimate of drug-likeness (QED) is 0.217. The van der Waals surface area contributed by atoms with Gasteiger partial charge in [-0.1, -0.05) is 31.9 Å². The Bertz CT molecular complexity index is 1330. The largest absolute Gasteiger partial charge is 0.172 e. The van der Waals surface area contributed by atoms with Gasteiger partial charge in [0.2, 0.25) is 0 Å². The zero-order valence-electron chi connectivity index (χ0n) is 17.9. The molecule has 0 bridgehead atoms. The van der Waals surface area contributed by atoms with Gasteiger partial charge in [-0.3, -0.25) is 0 Å². The second-order valence-corrected chi connectivity index (χ2v) is 12.0. The molecular weight excluding hydrogens is 457 g/mol. The number of hydrogen-bond acceptors (Lipinski definition) is 6. The number of unbranched alkanes of at least 4 members (excludes halogenated alkanes) is 2. The maximum Gasteiger partial charge on any atom is 0.114 e. The van der Waals surface area contributed by atoms with Crippen molar-refractivity contribution in [1.29, 1.82) is 0 Å². The van der Waals surface area contributed by atoms with Crippen molar-refractivity contribution in [1.82, 2.24) is 8.75 Å². The standard InChI is InChI=1S/C25H24N2S4/c1-4-5-6-7-17-14-22(30-25(17)21-13-9-16(3)29-21)19-11-10-18(20-12-8-15(2)28-20)23-24(19)27-31-26-23/h8-14H,4-7H2,1-3H3. The molecule has 0 unspecified atom stereocenters. The lowest BCUT2D eigenvalue weighted by molar-refractivity contribution is 0.719. The molecule has 2 nitrogen and oxygen atoms in total.